The average Bonchev–Trinajstić information content (AvgIpc) is 2.69. The fourth-order valence-electron chi connectivity index (χ4n) is 2.05. The Kier molecular flexibility index (Phi) is 7.30. The molecule has 0 heterocycles. The molecule has 0 aromatic heterocycles. The van der Waals surface area contributed by atoms with Crippen LogP contribution in [-0.4, -0.2) is 31.6 Å². The summed E-state index contributed by atoms with van der Waals surface area (Å²) in [6, 6.07) is 15.8. The SMILES string of the molecule is CCC(Oc1ccccc1)C(=O)NNC(=O)COc1ccc(OC)cc1. The Balaban J connectivity index is 1.75. The van der Waals surface area contributed by atoms with Crippen molar-refractivity contribution in [1.29, 1.82) is 0 Å². The number of hydrogen-bond donors (Lipinski definition) is 2. The Hall–Kier alpha value is -3.22. The highest BCUT2D eigenvalue weighted by Crippen LogP contribution is 2.16. The molecule has 0 fully saturated rings. The number of hydrazine groups is 1. The van der Waals surface area contributed by atoms with E-state index in [1.807, 2.05) is 25.1 Å². The van der Waals surface area contributed by atoms with Gasteiger partial charge >= 0.3 is 0 Å². The number of carbonyl (C=O) groups is 2. The first-order chi connectivity index (χ1) is 12.6. The number of hydrogen-bond acceptors (Lipinski definition) is 5. The minimum atomic E-state index is -0.708. The van der Waals surface area contributed by atoms with E-state index in [-0.39, 0.29) is 6.61 Å². The smallest absolute Gasteiger partial charge is 0.279 e. The molecule has 7 nitrogen and oxygen atoms in total. The van der Waals surface area contributed by atoms with E-state index in [0.29, 0.717) is 23.7 Å². The monoisotopic (exact) mass is 358 g/mol. The second kappa shape index (κ2) is 9.93. The van der Waals surface area contributed by atoms with Gasteiger partial charge in [-0.3, -0.25) is 20.4 Å². The van der Waals surface area contributed by atoms with Crippen molar-refractivity contribution < 1.29 is 23.8 Å². The minimum Gasteiger partial charge on any atom is -0.497 e. The van der Waals surface area contributed by atoms with Gasteiger partial charge in [0.2, 0.25) is 0 Å². The molecule has 1 unspecified atom stereocenters. The fourth-order valence-corrected chi connectivity index (χ4v) is 2.05. The molecule has 0 aliphatic heterocycles. The molecule has 2 aromatic carbocycles. The van der Waals surface area contributed by atoms with E-state index in [1.54, 1.807) is 43.5 Å². The van der Waals surface area contributed by atoms with Crippen molar-refractivity contribution in [1.82, 2.24) is 10.9 Å². The number of amides is 2. The third-order valence-electron chi connectivity index (χ3n) is 3.44. The van der Waals surface area contributed by atoms with Gasteiger partial charge in [-0.15, -0.1) is 0 Å². The Morgan fingerprint density at radius 2 is 1.58 bits per heavy atom. The standard InChI is InChI=1S/C19H22N2O5/c1-3-17(26-16-7-5-4-6-8-16)19(23)21-20-18(22)13-25-15-11-9-14(24-2)10-12-15/h4-12,17H,3,13H2,1-2H3,(H,20,22)(H,21,23). The molecule has 2 amide bonds. The largest absolute Gasteiger partial charge is 0.497 e. The summed E-state index contributed by atoms with van der Waals surface area (Å²) in [6.45, 7) is 1.59. The highest BCUT2D eigenvalue weighted by molar-refractivity contribution is 5.85. The topological polar surface area (TPSA) is 85.9 Å². The summed E-state index contributed by atoms with van der Waals surface area (Å²) in [5.74, 6) is 0.880. The lowest BCUT2D eigenvalue weighted by Gasteiger charge is -2.17. The van der Waals surface area contributed by atoms with Gasteiger partial charge in [-0.25, -0.2) is 0 Å². The zero-order valence-corrected chi connectivity index (χ0v) is 14.7. The maximum atomic E-state index is 12.1. The maximum Gasteiger partial charge on any atom is 0.279 e. The van der Waals surface area contributed by atoms with Crippen LogP contribution in [0.3, 0.4) is 0 Å². The number of ether oxygens (including phenoxy) is 3. The van der Waals surface area contributed by atoms with Crippen molar-refractivity contribution in [2.24, 2.45) is 0 Å². The van der Waals surface area contributed by atoms with Crippen molar-refractivity contribution in [3.05, 3.63) is 54.6 Å². The molecule has 0 spiro atoms. The lowest BCUT2D eigenvalue weighted by atomic mass is 10.2. The van der Waals surface area contributed by atoms with Crippen molar-refractivity contribution in [3.8, 4) is 17.2 Å². The van der Waals surface area contributed by atoms with Crippen molar-refractivity contribution in [2.75, 3.05) is 13.7 Å². The number of carbonyl (C=O) groups excluding carboxylic acids is 2. The van der Waals surface area contributed by atoms with Gasteiger partial charge < -0.3 is 14.2 Å². The molecule has 0 aliphatic rings. The summed E-state index contributed by atoms with van der Waals surface area (Å²) in [7, 11) is 1.57. The third kappa shape index (κ3) is 6.01. The van der Waals surface area contributed by atoms with Gasteiger partial charge in [0.1, 0.15) is 17.2 Å². The molecule has 0 bridgehead atoms. The highest BCUT2D eigenvalue weighted by Gasteiger charge is 2.18. The van der Waals surface area contributed by atoms with Crippen LogP contribution in [0.4, 0.5) is 0 Å². The van der Waals surface area contributed by atoms with Crippen LogP contribution in [0.15, 0.2) is 54.6 Å². The predicted molar refractivity (Wildman–Crippen MR) is 95.9 cm³/mol. The van der Waals surface area contributed by atoms with Crippen LogP contribution in [0, 0.1) is 0 Å². The summed E-state index contributed by atoms with van der Waals surface area (Å²) >= 11 is 0. The second-order valence-electron chi connectivity index (χ2n) is 5.33. The van der Waals surface area contributed by atoms with Gasteiger partial charge in [-0.05, 0) is 42.8 Å². The van der Waals surface area contributed by atoms with Crippen LogP contribution in [0.5, 0.6) is 17.2 Å². The molecule has 0 saturated heterocycles. The van der Waals surface area contributed by atoms with Gasteiger partial charge in [0.15, 0.2) is 12.7 Å². The zero-order chi connectivity index (χ0) is 18.8. The maximum absolute atomic E-state index is 12.1. The first-order valence-electron chi connectivity index (χ1n) is 8.19. The van der Waals surface area contributed by atoms with Crippen LogP contribution < -0.4 is 25.1 Å². The minimum absolute atomic E-state index is 0.233. The van der Waals surface area contributed by atoms with Crippen molar-refractivity contribution in [2.45, 2.75) is 19.4 Å². The number of para-hydroxylation sites is 1. The Labute approximate surface area is 152 Å². The molecule has 0 saturated carbocycles. The molecule has 2 N–H and O–H groups in total. The van der Waals surface area contributed by atoms with Crippen LogP contribution in [-0.2, 0) is 9.59 Å². The first-order valence-corrected chi connectivity index (χ1v) is 8.19. The van der Waals surface area contributed by atoms with E-state index in [4.69, 9.17) is 14.2 Å². The lowest BCUT2D eigenvalue weighted by molar-refractivity contribution is -0.134. The van der Waals surface area contributed by atoms with Gasteiger partial charge in [0, 0.05) is 0 Å². The highest BCUT2D eigenvalue weighted by atomic mass is 16.5. The Morgan fingerprint density at radius 1 is 0.923 bits per heavy atom. The molecule has 138 valence electrons. The van der Waals surface area contributed by atoms with E-state index >= 15 is 0 Å². The molecule has 0 aliphatic carbocycles. The fraction of sp³-hybridized carbons (Fsp3) is 0.263. The summed E-state index contributed by atoms with van der Waals surface area (Å²) in [5.41, 5.74) is 4.65. The normalized spacial score (nSPS) is 11.2. The molecule has 7 heteroatoms. The Bertz CT molecular complexity index is 704. The Morgan fingerprint density at radius 3 is 2.19 bits per heavy atom. The van der Waals surface area contributed by atoms with Crippen molar-refractivity contribution >= 4 is 11.8 Å². The molecular formula is C19H22N2O5. The molecular weight excluding hydrogens is 336 g/mol. The number of benzene rings is 2. The van der Waals surface area contributed by atoms with Gasteiger partial charge in [0.25, 0.3) is 11.8 Å². The van der Waals surface area contributed by atoms with Crippen LogP contribution in [0.25, 0.3) is 0 Å². The second-order valence-corrected chi connectivity index (χ2v) is 5.33. The van der Waals surface area contributed by atoms with Crippen LogP contribution in [0.1, 0.15) is 13.3 Å². The van der Waals surface area contributed by atoms with Crippen molar-refractivity contribution in [3.63, 3.8) is 0 Å². The van der Waals surface area contributed by atoms with E-state index in [2.05, 4.69) is 10.9 Å². The number of rotatable bonds is 8. The molecule has 2 aromatic rings. The summed E-state index contributed by atoms with van der Waals surface area (Å²) in [5, 5.41) is 0. The van der Waals surface area contributed by atoms with E-state index in [9.17, 15) is 9.59 Å². The van der Waals surface area contributed by atoms with E-state index in [0.717, 1.165) is 0 Å². The quantitative estimate of drug-likeness (QED) is 0.706. The third-order valence-corrected chi connectivity index (χ3v) is 3.44. The first kappa shape index (κ1) is 19.1. The molecule has 0 radical (unpaired) electrons. The summed E-state index contributed by atoms with van der Waals surface area (Å²) < 4.78 is 16.0. The number of nitrogens with one attached hydrogen (secondary N) is 2. The van der Waals surface area contributed by atoms with E-state index in [1.165, 1.54) is 0 Å². The van der Waals surface area contributed by atoms with Gasteiger partial charge in [-0.2, -0.15) is 0 Å². The van der Waals surface area contributed by atoms with Crippen LogP contribution >= 0.6 is 0 Å². The van der Waals surface area contributed by atoms with Gasteiger partial charge in [0.05, 0.1) is 7.11 Å². The van der Waals surface area contributed by atoms with Gasteiger partial charge in [-0.1, -0.05) is 25.1 Å². The lowest BCUT2D eigenvalue weighted by Crippen LogP contribution is -2.49. The molecule has 1 atom stereocenters. The number of methoxy groups -OCH3 is 1. The average molecular weight is 358 g/mol. The van der Waals surface area contributed by atoms with Crippen LogP contribution in [0.2, 0.25) is 0 Å². The summed E-state index contributed by atoms with van der Waals surface area (Å²) in [4.78, 5) is 23.9. The zero-order valence-electron chi connectivity index (χ0n) is 14.7. The predicted octanol–water partition coefficient (Wildman–Crippen LogP) is 2.08. The summed E-state index contributed by atoms with van der Waals surface area (Å²) in [6.07, 6.45) is -0.251. The molecule has 26 heavy (non-hydrogen) atoms. The molecule has 2 rings (SSSR count). The van der Waals surface area contributed by atoms with E-state index < -0.39 is 17.9 Å².